The molecule has 0 spiro atoms. The Hall–Kier alpha value is -2.41. The number of rotatable bonds is 5. The van der Waals surface area contributed by atoms with Crippen LogP contribution in [0.25, 0.3) is 0 Å². The monoisotopic (exact) mass is 415 g/mol. The van der Waals surface area contributed by atoms with E-state index in [0.29, 0.717) is 11.6 Å². The summed E-state index contributed by atoms with van der Waals surface area (Å²) in [5.74, 6) is 1.28. The molecule has 0 saturated carbocycles. The SMILES string of the molecule is CC[C@@H](NC(=O)[C@H]1CC(=O)N(c2cccc(Cl)c2)C1)c1nnc2n1CCCCC2. The van der Waals surface area contributed by atoms with E-state index < -0.39 is 0 Å². The first-order valence-corrected chi connectivity index (χ1v) is 10.7. The van der Waals surface area contributed by atoms with Gasteiger partial charge in [0.15, 0.2) is 5.82 Å². The van der Waals surface area contributed by atoms with Crippen LogP contribution in [0.5, 0.6) is 0 Å². The molecule has 2 amide bonds. The molecular weight excluding hydrogens is 390 g/mol. The third-order valence-corrected chi connectivity index (χ3v) is 6.03. The fourth-order valence-electron chi connectivity index (χ4n) is 4.18. The second kappa shape index (κ2) is 8.53. The van der Waals surface area contributed by atoms with Crippen LogP contribution in [-0.4, -0.2) is 33.1 Å². The van der Waals surface area contributed by atoms with Gasteiger partial charge in [-0.3, -0.25) is 9.59 Å². The smallest absolute Gasteiger partial charge is 0.227 e. The number of benzene rings is 1. The van der Waals surface area contributed by atoms with Gasteiger partial charge in [0.25, 0.3) is 0 Å². The Kier molecular flexibility index (Phi) is 5.85. The lowest BCUT2D eigenvalue weighted by atomic mass is 10.1. The van der Waals surface area contributed by atoms with E-state index in [1.54, 1.807) is 17.0 Å². The van der Waals surface area contributed by atoms with Crippen molar-refractivity contribution in [1.82, 2.24) is 20.1 Å². The predicted molar refractivity (Wildman–Crippen MR) is 111 cm³/mol. The Morgan fingerprint density at radius 1 is 1.31 bits per heavy atom. The highest BCUT2D eigenvalue weighted by molar-refractivity contribution is 6.31. The summed E-state index contributed by atoms with van der Waals surface area (Å²) >= 11 is 6.05. The van der Waals surface area contributed by atoms with Crippen molar-refractivity contribution in [3.8, 4) is 0 Å². The quantitative estimate of drug-likeness (QED) is 0.812. The van der Waals surface area contributed by atoms with Gasteiger partial charge in [0.1, 0.15) is 5.82 Å². The van der Waals surface area contributed by atoms with Crippen LogP contribution in [0.2, 0.25) is 5.02 Å². The minimum absolute atomic E-state index is 0.0585. The fourth-order valence-corrected chi connectivity index (χ4v) is 4.37. The number of fused-ring (bicyclic) bond motifs is 1. The summed E-state index contributed by atoms with van der Waals surface area (Å²) in [6.07, 6.45) is 5.28. The highest BCUT2D eigenvalue weighted by Crippen LogP contribution is 2.28. The van der Waals surface area contributed by atoms with E-state index in [1.165, 1.54) is 6.42 Å². The molecule has 0 aliphatic carbocycles. The zero-order chi connectivity index (χ0) is 20.4. The van der Waals surface area contributed by atoms with Crippen LogP contribution < -0.4 is 10.2 Å². The normalized spacial score (nSPS) is 20.3. The lowest BCUT2D eigenvalue weighted by Gasteiger charge is -2.20. The van der Waals surface area contributed by atoms with Crippen LogP contribution in [-0.2, 0) is 22.6 Å². The highest BCUT2D eigenvalue weighted by Gasteiger charge is 2.36. The van der Waals surface area contributed by atoms with Crippen molar-refractivity contribution in [1.29, 1.82) is 0 Å². The first-order chi connectivity index (χ1) is 14.1. The van der Waals surface area contributed by atoms with E-state index in [0.717, 1.165) is 49.6 Å². The van der Waals surface area contributed by atoms with Crippen molar-refractivity contribution >= 4 is 29.1 Å². The number of halogens is 1. The highest BCUT2D eigenvalue weighted by atomic mass is 35.5. The van der Waals surface area contributed by atoms with Gasteiger partial charge in [0.2, 0.25) is 11.8 Å². The molecule has 8 heteroatoms. The van der Waals surface area contributed by atoms with Gasteiger partial charge in [-0.15, -0.1) is 10.2 Å². The van der Waals surface area contributed by atoms with E-state index in [1.807, 2.05) is 19.1 Å². The second-order valence-corrected chi connectivity index (χ2v) is 8.23. The molecule has 154 valence electrons. The van der Waals surface area contributed by atoms with Gasteiger partial charge in [-0.05, 0) is 37.5 Å². The maximum absolute atomic E-state index is 13.0. The van der Waals surface area contributed by atoms with Gasteiger partial charge >= 0.3 is 0 Å². The minimum atomic E-state index is -0.387. The van der Waals surface area contributed by atoms with Crippen molar-refractivity contribution in [2.75, 3.05) is 11.4 Å². The molecule has 0 radical (unpaired) electrons. The first kappa shape index (κ1) is 19.9. The Morgan fingerprint density at radius 3 is 2.97 bits per heavy atom. The Labute approximate surface area is 175 Å². The Morgan fingerprint density at radius 2 is 2.17 bits per heavy atom. The molecule has 3 heterocycles. The molecule has 0 bridgehead atoms. The van der Waals surface area contributed by atoms with E-state index in [-0.39, 0.29) is 30.2 Å². The number of amides is 2. The predicted octanol–water partition coefficient (Wildman–Crippen LogP) is 3.28. The average molecular weight is 416 g/mol. The number of hydrogen-bond acceptors (Lipinski definition) is 4. The molecule has 7 nitrogen and oxygen atoms in total. The van der Waals surface area contributed by atoms with Crippen LogP contribution >= 0.6 is 11.6 Å². The van der Waals surface area contributed by atoms with E-state index in [2.05, 4.69) is 20.1 Å². The molecule has 4 rings (SSSR count). The van der Waals surface area contributed by atoms with Gasteiger partial charge in [-0.1, -0.05) is 31.0 Å². The van der Waals surface area contributed by atoms with Gasteiger partial charge < -0.3 is 14.8 Å². The van der Waals surface area contributed by atoms with Crippen molar-refractivity contribution in [2.45, 2.75) is 58.0 Å². The molecule has 1 aromatic carbocycles. The number of aromatic nitrogens is 3. The van der Waals surface area contributed by atoms with Gasteiger partial charge in [-0.2, -0.15) is 0 Å². The first-order valence-electron chi connectivity index (χ1n) is 10.3. The number of nitrogens with zero attached hydrogens (tertiary/aromatic N) is 4. The third kappa shape index (κ3) is 4.15. The van der Waals surface area contributed by atoms with Crippen LogP contribution in [0.3, 0.4) is 0 Å². The summed E-state index contributed by atoms with van der Waals surface area (Å²) in [6, 6.07) is 6.97. The number of carbonyl (C=O) groups is 2. The lowest BCUT2D eigenvalue weighted by Crippen LogP contribution is -2.36. The van der Waals surface area contributed by atoms with Crippen LogP contribution in [0.15, 0.2) is 24.3 Å². The lowest BCUT2D eigenvalue weighted by molar-refractivity contribution is -0.127. The second-order valence-electron chi connectivity index (χ2n) is 7.79. The molecule has 1 N–H and O–H groups in total. The zero-order valence-electron chi connectivity index (χ0n) is 16.6. The maximum atomic E-state index is 13.0. The summed E-state index contributed by atoms with van der Waals surface area (Å²) in [7, 11) is 0. The number of aryl methyl sites for hydroxylation is 1. The molecule has 1 aromatic heterocycles. The fraction of sp³-hybridized carbons (Fsp3) is 0.524. The van der Waals surface area contributed by atoms with Crippen LogP contribution in [0.4, 0.5) is 5.69 Å². The number of hydrogen-bond donors (Lipinski definition) is 1. The summed E-state index contributed by atoms with van der Waals surface area (Å²) in [5.41, 5.74) is 0.729. The van der Waals surface area contributed by atoms with E-state index in [4.69, 9.17) is 11.6 Å². The van der Waals surface area contributed by atoms with Crippen molar-refractivity contribution in [3.63, 3.8) is 0 Å². The zero-order valence-corrected chi connectivity index (χ0v) is 17.4. The number of anilines is 1. The number of nitrogens with one attached hydrogen (secondary N) is 1. The van der Waals surface area contributed by atoms with Crippen molar-refractivity contribution in [2.24, 2.45) is 5.92 Å². The van der Waals surface area contributed by atoms with Crippen molar-refractivity contribution in [3.05, 3.63) is 40.9 Å². The number of carbonyl (C=O) groups excluding carboxylic acids is 2. The largest absolute Gasteiger partial charge is 0.346 e. The van der Waals surface area contributed by atoms with E-state index >= 15 is 0 Å². The topological polar surface area (TPSA) is 80.1 Å². The molecule has 2 aliphatic rings. The molecular formula is C21H26ClN5O2. The van der Waals surface area contributed by atoms with Crippen LogP contribution in [0.1, 0.15) is 56.7 Å². The van der Waals surface area contributed by atoms with Gasteiger partial charge in [0, 0.05) is 36.6 Å². The average Bonchev–Trinajstić information content (AvgIpc) is 3.22. The van der Waals surface area contributed by atoms with Crippen molar-refractivity contribution < 1.29 is 9.59 Å². The summed E-state index contributed by atoms with van der Waals surface area (Å²) in [5, 5.41) is 12.4. The molecule has 1 saturated heterocycles. The van der Waals surface area contributed by atoms with E-state index in [9.17, 15) is 9.59 Å². The molecule has 2 atom stereocenters. The summed E-state index contributed by atoms with van der Waals surface area (Å²) in [6.45, 7) is 3.29. The maximum Gasteiger partial charge on any atom is 0.227 e. The van der Waals surface area contributed by atoms with Gasteiger partial charge in [-0.25, -0.2) is 0 Å². The third-order valence-electron chi connectivity index (χ3n) is 5.79. The standard InChI is InChI=1S/C21H26ClN5O2/c1-2-17(20-25-24-18-9-4-3-5-10-26(18)20)23-21(29)14-11-19(28)27(13-14)16-8-6-7-15(22)12-16/h6-8,12,14,17H,2-5,9-11,13H2,1H3,(H,23,29)/t14-,17+/m0/s1. The van der Waals surface area contributed by atoms with Gasteiger partial charge in [0.05, 0.1) is 12.0 Å². The molecule has 2 aliphatic heterocycles. The Balaban J connectivity index is 1.46. The van der Waals surface area contributed by atoms with Crippen LogP contribution in [0, 0.1) is 5.92 Å². The summed E-state index contributed by atoms with van der Waals surface area (Å²) in [4.78, 5) is 27.1. The molecule has 1 fully saturated rings. The minimum Gasteiger partial charge on any atom is -0.346 e. The molecule has 0 unspecified atom stereocenters. The Bertz CT molecular complexity index is 912. The summed E-state index contributed by atoms with van der Waals surface area (Å²) < 4.78 is 2.17. The molecule has 29 heavy (non-hydrogen) atoms. The molecule has 2 aromatic rings.